The van der Waals surface area contributed by atoms with Gasteiger partial charge in [0.25, 0.3) is 0 Å². The van der Waals surface area contributed by atoms with Gasteiger partial charge in [-0.3, -0.25) is 9.59 Å². The Hall–Kier alpha value is -1.06. The summed E-state index contributed by atoms with van der Waals surface area (Å²) in [6.45, 7) is 2.94. The molecule has 2 atom stereocenters. The number of hydrogen-bond donors (Lipinski definition) is 1. The van der Waals surface area contributed by atoms with E-state index in [0.29, 0.717) is 18.9 Å². The Kier molecular flexibility index (Phi) is 2.93. The molecule has 2 fully saturated rings. The smallest absolute Gasteiger partial charge is 0.245 e. The zero-order valence-corrected chi connectivity index (χ0v) is 9.16. The van der Waals surface area contributed by atoms with E-state index in [0.717, 1.165) is 19.4 Å². The van der Waals surface area contributed by atoms with Gasteiger partial charge in [-0.05, 0) is 32.6 Å². The molecule has 2 aliphatic heterocycles. The van der Waals surface area contributed by atoms with Gasteiger partial charge in [0.1, 0.15) is 6.04 Å². The van der Waals surface area contributed by atoms with Gasteiger partial charge in [0.05, 0.1) is 0 Å². The molecular weight excluding hydrogens is 192 g/mol. The number of likely N-dealkylation sites (tertiary alicyclic amines) is 1. The maximum Gasteiger partial charge on any atom is 0.245 e. The number of carbonyl (C=O) groups is 2. The standard InChI is InChI=1S/C11H18N2O2/c1-8-4-2-3-7-13(8)11(15)9-5-6-10(14)12-9/h8-9H,2-7H2,1H3,(H,12,14). The van der Waals surface area contributed by atoms with Crippen LogP contribution < -0.4 is 5.32 Å². The molecule has 1 N–H and O–H groups in total. The van der Waals surface area contributed by atoms with Gasteiger partial charge < -0.3 is 10.2 Å². The van der Waals surface area contributed by atoms with Crippen molar-refractivity contribution in [3.63, 3.8) is 0 Å². The van der Waals surface area contributed by atoms with Gasteiger partial charge in [0, 0.05) is 19.0 Å². The van der Waals surface area contributed by atoms with Crippen molar-refractivity contribution in [3.8, 4) is 0 Å². The summed E-state index contributed by atoms with van der Waals surface area (Å²) in [5.41, 5.74) is 0. The lowest BCUT2D eigenvalue weighted by Crippen LogP contribution is -2.50. The lowest BCUT2D eigenvalue weighted by atomic mass is 10.0. The molecule has 2 amide bonds. The van der Waals surface area contributed by atoms with Crippen LogP contribution in [-0.4, -0.2) is 35.3 Å². The predicted octanol–water partition coefficient (Wildman–Crippen LogP) is 0.666. The molecule has 2 aliphatic rings. The molecule has 0 radical (unpaired) electrons. The Morgan fingerprint density at radius 1 is 1.40 bits per heavy atom. The number of hydrogen-bond acceptors (Lipinski definition) is 2. The third kappa shape index (κ3) is 2.13. The van der Waals surface area contributed by atoms with Gasteiger partial charge in [-0.25, -0.2) is 0 Å². The molecular formula is C11H18N2O2. The molecule has 84 valence electrons. The van der Waals surface area contributed by atoms with Crippen LogP contribution >= 0.6 is 0 Å². The van der Waals surface area contributed by atoms with Gasteiger partial charge in [0.15, 0.2) is 0 Å². The first-order chi connectivity index (χ1) is 7.18. The lowest BCUT2D eigenvalue weighted by molar-refractivity contribution is -0.137. The van der Waals surface area contributed by atoms with Crippen molar-refractivity contribution in [2.24, 2.45) is 0 Å². The second kappa shape index (κ2) is 4.21. The fraction of sp³-hybridized carbons (Fsp3) is 0.818. The average molecular weight is 210 g/mol. The highest BCUT2D eigenvalue weighted by molar-refractivity contribution is 5.91. The number of rotatable bonds is 1. The minimum Gasteiger partial charge on any atom is -0.344 e. The Bertz CT molecular complexity index is 278. The van der Waals surface area contributed by atoms with Crippen LogP contribution in [-0.2, 0) is 9.59 Å². The first-order valence-electron chi connectivity index (χ1n) is 5.78. The van der Waals surface area contributed by atoms with E-state index in [2.05, 4.69) is 12.2 Å². The summed E-state index contributed by atoms with van der Waals surface area (Å²) >= 11 is 0. The Morgan fingerprint density at radius 2 is 2.20 bits per heavy atom. The van der Waals surface area contributed by atoms with Gasteiger partial charge in [-0.15, -0.1) is 0 Å². The van der Waals surface area contributed by atoms with Crippen LogP contribution in [0.5, 0.6) is 0 Å². The first kappa shape index (κ1) is 10.5. The summed E-state index contributed by atoms with van der Waals surface area (Å²) in [6, 6.07) is 0.0850. The molecule has 0 aromatic carbocycles. The van der Waals surface area contributed by atoms with Crippen LogP contribution in [0.25, 0.3) is 0 Å². The number of nitrogens with one attached hydrogen (secondary N) is 1. The second-order valence-electron chi connectivity index (χ2n) is 4.54. The SMILES string of the molecule is CC1CCCCN1C(=O)C1CCC(=O)N1. The summed E-state index contributed by atoms with van der Waals surface area (Å²) in [5.74, 6) is 0.131. The highest BCUT2D eigenvalue weighted by atomic mass is 16.2. The van der Waals surface area contributed by atoms with E-state index in [1.165, 1.54) is 6.42 Å². The van der Waals surface area contributed by atoms with Gasteiger partial charge >= 0.3 is 0 Å². The molecule has 2 saturated heterocycles. The molecule has 2 heterocycles. The van der Waals surface area contributed by atoms with Crippen LogP contribution in [0, 0.1) is 0 Å². The number of amides is 2. The molecule has 2 rings (SSSR count). The molecule has 0 aliphatic carbocycles. The summed E-state index contributed by atoms with van der Waals surface area (Å²) in [4.78, 5) is 25.0. The number of piperidine rings is 1. The molecule has 15 heavy (non-hydrogen) atoms. The molecule has 4 nitrogen and oxygen atoms in total. The van der Waals surface area contributed by atoms with Crippen molar-refractivity contribution in [1.29, 1.82) is 0 Å². The normalized spacial score (nSPS) is 31.5. The zero-order valence-electron chi connectivity index (χ0n) is 9.16. The van der Waals surface area contributed by atoms with E-state index in [9.17, 15) is 9.59 Å². The molecule has 0 aromatic heterocycles. The van der Waals surface area contributed by atoms with Crippen LogP contribution in [0.2, 0.25) is 0 Å². The largest absolute Gasteiger partial charge is 0.344 e. The van der Waals surface area contributed by atoms with Crippen LogP contribution in [0.3, 0.4) is 0 Å². The number of carbonyl (C=O) groups excluding carboxylic acids is 2. The van der Waals surface area contributed by atoms with E-state index >= 15 is 0 Å². The molecule has 0 spiro atoms. The molecule has 2 unspecified atom stereocenters. The molecule has 0 bridgehead atoms. The van der Waals surface area contributed by atoms with E-state index in [4.69, 9.17) is 0 Å². The maximum atomic E-state index is 12.1. The fourth-order valence-electron chi connectivity index (χ4n) is 2.43. The topological polar surface area (TPSA) is 49.4 Å². The van der Waals surface area contributed by atoms with Crippen molar-refractivity contribution >= 4 is 11.8 Å². The van der Waals surface area contributed by atoms with E-state index in [1.54, 1.807) is 0 Å². The Balaban J connectivity index is 1.97. The Morgan fingerprint density at radius 3 is 2.80 bits per heavy atom. The van der Waals surface area contributed by atoms with Crippen molar-refractivity contribution in [1.82, 2.24) is 10.2 Å². The van der Waals surface area contributed by atoms with E-state index in [1.807, 2.05) is 4.90 Å². The van der Waals surface area contributed by atoms with Gasteiger partial charge in [-0.2, -0.15) is 0 Å². The minimum absolute atomic E-state index is 0.0120. The summed E-state index contributed by atoms with van der Waals surface area (Å²) in [5, 5.41) is 2.74. The van der Waals surface area contributed by atoms with Crippen molar-refractivity contribution in [2.45, 2.75) is 51.1 Å². The third-order valence-electron chi connectivity index (χ3n) is 3.38. The minimum atomic E-state index is -0.252. The van der Waals surface area contributed by atoms with Crippen molar-refractivity contribution in [3.05, 3.63) is 0 Å². The van der Waals surface area contributed by atoms with Crippen molar-refractivity contribution < 1.29 is 9.59 Å². The third-order valence-corrected chi connectivity index (χ3v) is 3.38. The summed E-state index contributed by atoms with van der Waals surface area (Å²) in [6.07, 6.45) is 4.56. The molecule has 4 heteroatoms. The van der Waals surface area contributed by atoms with Gasteiger partial charge in [-0.1, -0.05) is 0 Å². The second-order valence-corrected chi connectivity index (χ2v) is 4.54. The van der Waals surface area contributed by atoms with Crippen LogP contribution in [0.15, 0.2) is 0 Å². The lowest BCUT2D eigenvalue weighted by Gasteiger charge is -2.35. The van der Waals surface area contributed by atoms with E-state index < -0.39 is 0 Å². The molecule has 0 aromatic rings. The predicted molar refractivity (Wildman–Crippen MR) is 56.2 cm³/mol. The van der Waals surface area contributed by atoms with Gasteiger partial charge in [0.2, 0.25) is 11.8 Å². The quantitative estimate of drug-likeness (QED) is 0.691. The van der Waals surface area contributed by atoms with Crippen LogP contribution in [0.4, 0.5) is 0 Å². The maximum absolute atomic E-state index is 12.1. The highest BCUT2D eigenvalue weighted by Gasteiger charge is 2.33. The van der Waals surface area contributed by atoms with E-state index in [-0.39, 0.29) is 17.9 Å². The van der Waals surface area contributed by atoms with Crippen LogP contribution in [0.1, 0.15) is 39.0 Å². The average Bonchev–Trinajstić information content (AvgIpc) is 2.65. The zero-order chi connectivity index (χ0) is 10.8. The highest BCUT2D eigenvalue weighted by Crippen LogP contribution is 2.19. The summed E-state index contributed by atoms with van der Waals surface area (Å²) in [7, 11) is 0. The summed E-state index contributed by atoms with van der Waals surface area (Å²) < 4.78 is 0. The Labute approximate surface area is 90.0 Å². The number of nitrogens with zero attached hydrogens (tertiary/aromatic N) is 1. The molecule has 0 saturated carbocycles. The first-order valence-corrected chi connectivity index (χ1v) is 5.78. The monoisotopic (exact) mass is 210 g/mol. The fourth-order valence-corrected chi connectivity index (χ4v) is 2.43. The van der Waals surface area contributed by atoms with Crippen molar-refractivity contribution in [2.75, 3.05) is 6.54 Å².